The van der Waals surface area contributed by atoms with Crippen molar-refractivity contribution >= 4 is 5.91 Å². The Morgan fingerprint density at radius 2 is 2.28 bits per heavy atom. The van der Waals surface area contributed by atoms with Crippen LogP contribution in [0.1, 0.15) is 31.2 Å². The van der Waals surface area contributed by atoms with Crippen molar-refractivity contribution in [2.75, 3.05) is 13.2 Å². The number of aromatic nitrogens is 2. The van der Waals surface area contributed by atoms with Crippen LogP contribution in [-0.2, 0) is 11.3 Å². The van der Waals surface area contributed by atoms with E-state index in [-0.39, 0.29) is 19.1 Å². The van der Waals surface area contributed by atoms with Crippen molar-refractivity contribution in [3.05, 3.63) is 17.5 Å². The summed E-state index contributed by atoms with van der Waals surface area (Å²) in [6.45, 7) is 6.97. The van der Waals surface area contributed by atoms with E-state index in [0.717, 1.165) is 24.2 Å². The highest BCUT2D eigenvalue weighted by Crippen LogP contribution is 2.06. The number of aliphatic hydroxyl groups is 1. The molecule has 1 atom stereocenters. The lowest BCUT2D eigenvalue weighted by Gasteiger charge is -2.14. The maximum absolute atomic E-state index is 11.8. The lowest BCUT2D eigenvalue weighted by atomic mass is 10.0. The fourth-order valence-corrected chi connectivity index (χ4v) is 1.92. The van der Waals surface area contributed by atoms with Gasteiger partial charge in [-0.1, -0.05) is 13.3 Å². The molecule has 1 amide bonds. The second-order valence-electron chi connectivity index (χ2n) is 4.68. The summed E-state index contributed by atoms with van der Waals surface area (Å²) in [6, 6.07) is 1.95. The first-order valence-electron chi connectivity index (χ1n) is 6.45. The van der Waals surface area contributed by atoms with Crippen LogP contribution < -0.4 is 5.32 Å². The molecular formula is C13H23N3O2. The van der Waals surface area contributed by atoms with Crippen LogP contribution in [0.4, 0.5) is 0 Å². The summed E-state index contributed by atoms with van der Waals surface area (Å²) in [5.74, 6) is 0.317. The van der Waals surface area contributed by atoms with Gasteiger partial charge in [-0.2, -0.15) is 5.10 Å². The minimum Gasteiger partial charge on any atom is -0.396 e. The van der Waals surface area contributed by atoms with E-state index in [2.05, 4.69) is 17.3 Å². The molecule has 1 heterocycles. The predicted molar refractivity (Wildman–Crippen MR) is 70.2 cm³/mol. The van der Waals surface area contributed by atoms with Crippen LogP contribution in [0.25, 0.3) is 0 Å². The quantitative estimate of drug-likeness (QED) is 0.762. The Labute approximate surface area is 108 Å². The lowest BCUT2D eigenvalue weighted by molar-refractivity contribution is -0.122. The first-order chi connectivity index (χ1) is 8.56. The summed E-state index contributed by atoms with van der Waals surface area (Å²) >= 11 is 0. The molecule has 1 unspecified atom stereocenters. The van der Waals surface area contributed by atoms with Crippen molar-refractivity contribution in [3.63, 3.8) is 0 Å². The highest BCUT2D eigenvalue weighted by Gasteiger charge is 2.10. The van der Waals surface area contributed by atoms with Gasteiger partial charge in [0.1, 0.15) is 6.54 Å². The molecule has 1 aromatic heterocycles. The van der Waals surface area contributed by atoms with Crippen molar-refractivity contribution in [1.29, 1.82) is 0 Å². The van der Waals surface area contributed by atoms with E-state index >= 15 is 0 Å². The SMILES string of the molecule is CCC(CCO)CNC(=O)Cn1nc(C)cc1C. The summed E-state index contributed by atoms with van der Waals surface area (Å²) in [5.41, 5.74) is 1.91. The zero-order valence-corrected chi connectivity index (χ0v) is 11.4. The van der Waals surface area contributed by atoms with Crippen molar-refractivity contribution < 1.29 is 9.90 Å². The normalized spacial score (nSPS) is 12.4. The number of hydrogen-bond acceptors (Lipinski definition) is 3. The highest BCUT2D eigenvalue weighted by molar-refractivity contribution is 5.75. The summed E-state index contributed by atoms with van der Waals surface area (Å²) in [6.07, 6.45) is 1.69. The van der Waals surface area contributed by atoms with Gasteiger partial charge in [-0.15, -0.1) is 0 Å². The van der Waals surface area contributed by atoms with E-state index in [9.17, 15) is 4.79 Å². The maximum atomic E-state index is 11.8. The fourth-order valence-electron chi connectivity index (χ4n) is 1.92. The molecule has 0 aliphatic rings. The molecule has 18 heavy (non-hydrogen) atoms. The second kappa shape index (κ2) is 7.16. The van der Waals surface area contributed by atoms with Crippen molar-refractivity contribution in [2.45, 2.75) is 40.2 Å². The van der Waals surface area contributed by atoms with Gasteiger partial charge in [0.15, 0.2) is 0 Å². The van der Waals surface area contributed by atoms with Crippen LogP contribution in [0, 0.1) is 19.8 Å². The largest absolute Gasteiger partial charge is 0.396 e. The third-order valence-corrected chi connectivity index (χ3v) is 3.10. The number of amides is 1. The standard InChI is InChI=1S/C13H23N3O2/c1-4-12(5-6-17)8-14-13(18)9-16-11(3)7-10(2)15-16/h7,12,17H,4-6,8-9H2,1-3H3,(H,14,18). The second-order valence-corrected chi connectivity index (χ2v) is 4.68. The summed E-state index contributed by atoms with van der Waals surface area (Å²) in [7, 11) is 0. The fraction of sp³-hybridized carbons (Fsp3) is 0.692. The molecule has 0 spiro atoms. The number of hydrogen-bond donors (Lipinski definition) is 2. The maximum Gasteiger partial charge on any atom is 0.241 e. The zero-order valence-electron chi connectivity index (χ0n) is 11.4. The molecule has 0 aromatic carbocycles. The molecule has 0 fully saturated rings. The monoisotopic (exact) mass is 253 g/mol. The molecule has 5 nitrogen and oxygen atoms in total. The number of aryl methyl sites for hydroxylation is 2. The third kappa shape index (κ3) is 4.49. The number of rotatable bonds is 7. The Morgan fingerprint density at radius 1 is 1.56 bits per heavy atom. The number of aliphatic hydroxyl groups excluding tert-OH is 1. The minimum absolute atomic E-state index is 0.0300. The Hall–Kier alpha value is -1.36. The minimum atomic E-state index is -0.0300. The van der Waals surface area contributed by atoms with E-state index in [4.69, 9.17) is 5.11 Å². The van der Waals surface area contributed by atoms with Crippen LogP contribution in [-0.4, -0.2) is 33.9 Å². The molecule has 0 aliphatic heterocycles. The molecule has 0 aliphatic carbocycles. The summed E-state index contributed by atoms with van der Waals surface area (Å²) in [5, 5.41) is 16.0. The van der Waals surface area contributed by atoms with Gasteiger partial charge in [-0.3, -0.25) is 9.48 Å². The van der Waals surface area contributed by atoms with Crippen LogP contribution in [0.3, 0.4) is 0 Å². The van der Waals surface area contributed by atoms with Gasteiger partial charge in [0.05, 0.1) is 5.69 Å². The average molecular weight is 253 g/mol. The molecular weight excluding hydrogens is 230 g/mol. The average Bonchev–Trinajstić information content (AvgIpc) is 2.63. The van der Waals surface area contributed by atoms with Gasteiger partial charge in [0, 0.05) is 18.8 Å². The molecule has 102 valence electrons. The molecule has 0 saturated heterocycles. The lowest BCUT2D eigenvalue weighted by Crippen LogP contribution is -2.32. The first-order valence-corrected chi connectivity index (χ1v) is 6.45. The molecule has 5 heteroatoms. The molecule has 0 bridgehead atoms. The highest BCUT2D eigenvalue weighted by atomic mass is 16.3. The zero-order chi connectivity index (χ0) is 13.5. The Balaban J connectivity index is 2.40. The molecule has 2 N–H and O–H groups in total. The Kier molecular flexibility index (Phi) is 5.85. The Bertz CT molecular complexity index is 388. The molecule has 0 radical (unpaired) electrons. The topological polar surface area (TPSA) is 67.2 Å². The van der Waals surface area contributed by atoms with Crippen LogP contribution >= 0.6 is 0 Å². The number of nitrogens with one attached hydrogen (secondary N) is 1. The summed E-state index contributed by atoms with van der Waals surface area (Å²) < 4.78 is 1.71. The number of nitrogens with zero attached hydrogens (tertiary/aromatic N) is 2. The number of carbonyl (C=O) groups is 1. The predicted octanol–water partition coefficient (Wildman–Crippen LogP) is 1.02. The van der Waals surface area contributed by atoms with E-state index in [0.29, 0.717) is 12.5 Å². The number of carbonyl (C=O) groups excluding carboxylic acids is 1. The third-order valence-electron chi connectivity index (χ3n) is 3.10. The van der Waals surface area contributed by atoms with Crippen molar-refractivity contribution in [1.82, 2.24) is 15.1 Å². The molecule has 0 saturated carbocycles. The van der Waals surface area contributed by atoms with Gasteiger partial charge in [0.25, 0.3) is 0 Å². The Morgan fingerprint density at radius 3 is 2.78 bits per heavy atom. The van der Waals surface area contributed by atoms with E-state index in [1.807, 2.05) is 19.9 Å². The van der Waals surface area contributed by atoms with E-state index in [1.54, 1.807) is 4.68 Å². The van der Waals surface area contributed by atoms with Gasteiger partial charge >= 0.3 is 0 Å². The van der Waals surface area contributed by atoms with Crippen LogP contribution in [0.15, 0.2) is 6.07 Å². The molecule has 1 rings (SSSR count). The van der Waals surface area contributed by atoms with Gasteiger partial charge in [-0.05, 0) is 32.3 Å². The molecule has 1 aromatic rings. The first kappa shape index (κ1) is 14.7. The van der Waals surface area contributed by atoms with Crippen LogP contribution in [0.2, 0.25) is 0 Å². The van der Waals surface area contributed by atoms with E-state index in [1.165, 1.54) is 0 Å². The van der Waals surface area contributed by atoms with Gasteiger partial charge in [0.2, 0.25) is 5.91 Å². The van der Waals surface area contributed by atoms with Crippen LogP contribution in [0.5, 0.6) is 0 Å². The van der Waals surface area contributed by atoms with Gasteiger partial charge in [-0.25, -0.2) is 0 Å². The van der Waals surface area contributed by atoms with Crippen molar-refractivity contribution in [2.24, 2.45) is 5.92 Å². The van der Waals surface area contributed by atoms with Gasteiger partial charge < -0.3 is 10.4 Å². The van der Waals surface area contributed by atoms with E-state index < -0.39 is 0 Å². The van der Waals surface area contributed by atoms with Crippen molar-refractivity contribution in [3.8, 4) is 0 Å². The summed E-state index contributed by atoms with van der Waals surface area (Å²) in [4.78, 5) is 11.8. The smallest absolute Gasteiger partial charge is 0.241 e.